The molecular formula is C13H18O3. The van der Waals surface area contributed by atoms with Gasteiger partial charge in [0, 0.05) is 12.7 Å². The van der Waals surface area contributed by atoms with Gasteiger partial charge in [0.15, 0.2) is 0 Å². The van der Waals surface area contributed by atoms with Crippen molar-refractivity contribution >= 4 is 0 Å². The van der Waals surface area contributed by atoms with E-state index in [1.165, 1.54) is 11.1 Å². The summed E-state index contributed by atoms with van der Waals surface area (Å²) in [5.41, 5.74) is 2.52. The molecule has 0 saturated heterocycles. The number of rotatable bonds is 3. The number of aliphatic hydroxyl groups is 1. The first-order valence-electron chi connectivity index (χ1n) is 5.63. The van der Waals surface area contributed by atoms with Crippen LogP contribution in [-0.4, -0.2) is 25.9 Å². The normalized spacial score (nSPS) is 19.1. The summed E-state index contributed by atoms with van der Waals surface area (Å²) in [6.07, 6.45) is 2.94. The van der Waals surface area contributed by atoms with Gasteiger partial charge in [-0.3, -0.25) is 0 Å². The van der Waals surface area contributed by atoms with Crippen LogP contribution in [0, 0.1) is 5.92 Å². The predicted molar refractivity (Wildman–Crippen MR) is 62.1 cm³/mol. The minimum Gasteiger partial charge on any atom is -0.497 e. The van der Waals surface area contributed by atoms with E-state index in [4.69, 9.17) is 9.47 Å². The molecule has 3 nitrogen and oxygen atoms in total. The maximum Gasteiger partial charge on any atom is 0.126 e. The van der Waals surface area contributed by atoms with Gasteiger partial charge in [0.25, 0.3) is 0 Å². The maximum atomic E-state index is 9.22. The second-order valence-corrected chi connectivity index (χ2v) is 4.26. The van der Waals surface area contributed by atoms with Gasteiger partial charge in [-0.2, -0.15) is 0 Å². The fraction of sp³-hybridized carbons (Fsp3) is 0.538. The van der Waals surface area contributed by atoms with Gasteiger partial charge in [0.2, 0.25) is 0 Å². The summed E-state index contributed by atoms with van der Waals surface area (Å²) >= 11 is 0. The van der Waals surface area contributed by atoms with Crippen LogP contribution in [0.1, 0.15) is 17.5 Å². The lowest BCUT2D eigenvalue weighted by Crippen LogP contribution is -2.18. The Morgan fingerprint density at radius 3 is 2.75 bits per heavy atom. The van der Waals surface area contributed by atoms with Gasteiger partial charge in [-0.05, 0) is 42.4 Å². The Morgan fingerprint density at radius 1 is 1.31 bits per heavy atom. The van der Waals surface area contributed by atoms with Crippen LogP contribution in [0.5, 0.6) is 11.5 Å². The third-order valence-corrected chi connectivity index (χ3v) is 3.30. The molecule has 2 rings (SSSR count). The highest BCUT2D eigenvalue weighted by molar-refractivity contribution is 5.48. The molecular weight excluding hydrogens is 204 g/mol. The minimum atomic E-state index is 0.259. The van der Waals surface area contributed by atoms with Crippen LogP contribution in [-0.2, 0) is 12.8 Å². The topological polar surface area (TPSA) is 38.7 Å². The van der Waals surface area contributed by atoms with E-state index >= 15 is 0 Å². The van der Waals surface area contributed by atoms with E-state index in [0.717, 1.165) is 30.8 Å². The Kier molecular flexibility index (Phi) is 3.34. The van der Waals surface area contributed by atoms with E-state index in [0.29, 0.717) is 5.92 Å². The quantitative estimate of drug-likeness (QED) is 0.847. The predicted octanol–water partition coefficient (Wildman–Crippen LogP) is 1.80. The van der Waals surface area contributed by atoms with Crippen LogP contribution < -0.4 is 9.47 Å². The smallest absolute Gasteiger partial charge is 0.126 e. The Labute approximate surface area is 96.0 Å². The number of fused-ring (bicyclic) bond motifs is 1. The zero-order valence-corrected chi connectivity index (χ0v) is 9.82. The monoisotopic (exact) mass is 222 g/mol. The number of ether oxygens (including phenoxy) is 2. The van der Waals surface area contributed by atoms with Crippen LogP contribution in [0.25, 0.3) is 0 Å². The molecule has 1 N–H and O–H groups in total. The standard InChI is InChI=1S/C13H18O3/c1-15-11-6-10-4-3-9(8-14)5-12(10)13(7-11)16-2/h6-7,9,14H,3-5,8H2,1-2H3. The van der Waals surface area contributed by atoms with Gasteiger partial charge < -0.3 is 14.6 Å². The Hall–Kier alpha value is -1.22. The highest BCUT2D eigenvalue weighted by atomic mass is 16.5. The SMILES string of the molecule is COc1cc2c(c(OC)c1)CC(CO)CC2. The molecule has 0 aliphatic heterocycles. The van der Waals surface area contributed by atoms with Gasteiger partial charge in [-0.15, -0.1) is 0 Å². The Bertz CT molecular complexity index is 356. The van der Waals surface area contributed by atoms with Crippen LogP contribution in [0.2, 0.25) is 0 Å². The fourth-order valence-electron chi connectivity index (χ4n) is 2.34. The van der Waals surface area contributed by atoms with Crippen molar-refractivity contribution in [2.75, 3.05) is 20.8 Å². The van der Waals surface area contributed by atoms with Crippen molar-refractivity contribution in [3.05, 3.63) is 23.3 Å². The van der Waals surface area contributed by atoms with E-state index < -0.39 is 0 Å². The molecule has 88 valence electrons. The average molecular weight is 222 g/mol. The number of hydrogen-bond donors (Lipinski definition) is 1. The first-order valence-corrected chi connectivity index (χ1v) is 5.63. The van der Waals surface area contributed by atoms with Crippen molar-refractivity contribution in [1.82, 2.24) is 0 Å². The lowest BCUT2D eigenvalue weighted by Gasteiger charge is -2.25. The molecule has 1 atom stereocenters. The van der Waals surface area contributed by atoms with Gasteiger partial charge in [0.1, 0.15) is 11.5 Å². The zero-order valence-electron chi connectivity index (χ0n) is 9.82. The van der Waals surface area contributed by atoms with E-state index in [9.17, 15) is 5.11 Å². The summed E-state index contributed by atoms with van der Waals surface area (Å²) in [5, 5.41) is 9.22. The molecule has 1 unspecified atom stereocenters. The summed E-state index contributed by atoms with van der Waals surface area (Å²) in [4.78, 5) is 0. The van der Waals surface area contributed by atoms with E-state index in [1.807, 2.05) is 6.07 Å². The van der Waals surface area contributed by atoms with Gasteiger partial charge in [0.05, 0.1) is 14.2 Å². The van der Waals surface area contributed by atoms with Gasteiger partial charge >= 0.3 is 0 Å². The molecule has 16 heavy (non-hydrogen) atoms. The van der Waals surface area contributed by atoms with E-state index in [1.54, 1.807) is 14.2 Å². The molecule has 1 aliphatic rings. The first kappa shape index (κ1) is 11.3. The van der Waals surface area contributed by atoms with E-state index in [-0.39, 0.29) is 6.61 Å². The third kappa shape index (κ3) is 2.00. The lowest BCUT2D eigenvalue weighted by atomic mass is 9.83. The first-order chi connectivity index (χ1) is 7.78. The van der Waals surface area contributed by atoms with Crippen molar-refractivity contribution < 1.29 is 14.6 Å². The molecule has 0 saturated carbocycles. The Morgan fingerprint density at radius 2 is 2.12 bits per heavy atom. The molecule has 0 amide bonds. The third-order valence-electron chi connectivity index (χ3n) is 3.30. The van der Waals surface area contributed by atoms with Crippen LogP contribution >= 0.6 is 0 Å². The maximum absolute atomic E-state index is 9.22. The second kappa shape index (κ2) is 4.74. The van der Waals surface area contributed by atoms with Gasteiger partial charge in [-0.25, -0.2) is 0 Å². The highest BCUT2D eigenvalue weighted by Gasteiger charge is 2.22. The second-order valence-electron chi connectivity index (χ2n) is 4.26. The molecule has 1 aliphatic carbocycles. The number of aryl methyl sites for hydroxylation is 1. The molecule has 0 heterocycles. The van der Waals surface area contributed by atoms with Crippen molar-refractivity contribution in [2.45, 2.75) is 19.3 Å². The zero-order chi connectivity index (χ0) is 11.5. The number of methoxy groups -OCH3 is 2. The summed E-state index contributed by atoms with van der Waals surface area (Å²) in [6, 6.07) is 3.99. The lowest BCUT2D eigenvalue weighted by molar-refractivity contribution is 0.212. The molecule has 3 heteroatoms. The minimum absolute atomic E-state index is 0.259. The number of aliphatic hydroxyl groups excluding tert-OH is 1. The molecule has 0 fully saturated rings. The van der Waals surface area contributed by atoms with Crippen LogP contribution in [0.4, 0.5) is 0 Å². The Balaban J connectivity index is 2.38. The average Bonchev–Trinajstić information content (AvgIpc) is 2.36. The summed E-state index contributed by atoms with van der Waals surface area (Å²) in [6.45, 7) is 0.259. The number of hydrogen-bond acceptors (Lipinski definition) is 3. The van der Waals surface area contributed by atoms with Crippen molar-refractivity contribution in [3.8, 4) is 11.5 Å². The molecule has 0 aromatic heterocycles. The van der Waals surface area contributed by atoms with Gasteiger partial charge in [-0.1, -0.05) is 0 Å². The molecule has 1 aromatic carbocycles. The molecule has 0 radical (unpaired) electrons. The molecule has 0 spiro atoms. The van der Waals surface area contributed by atoms with Crippen molar-refractivity contribution in [1.29, 1.82) is 0 Å². The summed E-state index contributed by atoms with van der Waals surface area (Å²) < 4.78 is 10.6. The number of benzene rings is 1. The summed E-state index contributed by atoms with van der Waals surface area (Å²) in [5.74, 6) is 2.10. The van der Waals surface area contributed by atoms with Crippen molar-refractivity contribution in [3.63, 3.8) is 0 Å². The largest absolute Gasteiger partial charge is 0.497 e. The van der Waals surface area contributed by atoms with Crippen molar-refractivity contribution in [2.24, 2.45) is 5.92 Å². The molecule has 0 bridgehead atoms. The molecule has 1 aromatic rings. The van der Waals surface area contributed by atoms with Crippen LogP contribution in [0.3, 0.4) is 0 Å². The fourth-order valence-corrected chi connectivity index (χ4v) is 2.34. The van der Waals surface area contributed by atoms with Crippen LogP contribution in [0.15, 0.2) is 12.1 Å². The summed E-state index contributed by atoms with van der Waals surface area (Å²) in [7, 11) is 3.35. The van der Waals surface area contributed by atoms with E-state index in [2.05, 4.69) is 6.07 Å². The highest BCUT2D eigenvalue weighted by Crippen LogP contribution is 2.35.